The highest BCUT2D eigenvalue weighted by Gasteiger charge is 2.54. The van der Waals surface area contributed by atoms with E-state index in [9.17, 15) is 9.59 Å². The number of halogens is 1. The number of amides is 3. The highest BCUT2D eigenvalue weighted by atomic mass is 35.5. The number of fused-ring (bicyclic) bond motifs is 3. The van der Waals surface area contributed by atoms with E-state index in [1.807, 2.05) is 35.1 Å². The molecule has 1 aromatic carbocycles. The van der Waals surface area contributed by atoms with Crippen LogP contribution in [0.3, 0.4) is 0 Å². The topological polar surface area (TPSA) is 59.5 Å². The first-order valence-corrected chi connectivity index (χ1v) is 9.06. The predicted molar refractivity (Wildman–Crippen MR) is 103 cm³/mol. The van der Waals surface area contributed by atoms with Crippen molar-refractivity contribution < 1.29 is 9.59 Å². The Morgan fingerprint density at radius 1 is 1.22 bits per heavy atom. The summed E-state index contributed by atoms with van der Waals surface area (Å²) in [5, 5.41) is 0.612. The second-order valence-corrected chi connectivity index (χ2v) is 7.25. The van der Waals surface area contributed by atoms with Gasteiger partial charge in [0.05, 0.1) is 6.54 Å². The third-order valence-electron chi connectivity index (χ3n) is 5.07. The lowest BCUT2D eigenvalue weighted by Crippen LogP contribution is -2.63. The van der Waals surface area contributed by atoms with E-state index in [0.29, 0.717) is 17.5 Å². The molecule has 3 aliphatic heterocycles. The van der Waals surface area contributed by atoms with Crippen LogP contribution < -0.4 is 0 Å². The Hall–Kier alpha value is -2.80. The number of hydrogen-bond donors (Lipinski definition) is 0. The Bertz CT molecular complexity index is 879. The molecule has 1 aromatic rings. The van der Waals surface area contributed by atoms with Gasteiger partial charge >= 0.3 is 6.03 Å². The molecule has 0 spiro atoms. The van der Waals surface area contributed by atoms with Crippen LogP contribution >= 0.6 is 11.6 Å². The van der Waals surface area contributed by atoms with Gasteiger partial charge in [-0.1, -0.05) is 29.8 Å². The van der Waals surface area contributed by atoms with E-state index in [1.54, 1.807) is 25.3 Å². The normalized spacial score (nSPS) is 24.1. The first-order valence-electron chi connectivity index (χ1n) is 8.68. The number of hydrogen-bond acceptors (Lipinski definition) is 5. The van der Waals surface area contributed by atoms with Gasteiger partial charge in [-0.2, -0.15) is 0 Å². The van der Waals surface area contributed by atoms with Crippen LogP contribution in [-0.2, 0) is 11.3 Å². The number of guanidine groups is 1. The van der Waals surface area contributed by atoms with Gasteiger partial charge in [-0.3, -0.25) is 9.69 Å². The summed E-state index contributed by atoms with van der Waals surface area (Å²) in [7, 11) is 1.68. The van der Waals surface area contributed by atoms with Gasteiger partial charge in [0.15, 0.2) is 12.2 Å². The van der Waals surface area contributed by atoms with E-state index >= 15 is 0 Å². The number of urea groups is 1. The molecule has 2 atom stereocenters. The summed E-state index contributed by atoms with van der Waals surface area (Å²) in [5.41, 5.74) is 1.83. The maximum Gasteiger partial charge on any atom is 0.328 e. The van der Waals surface area contributed by atoms with E-state index in [2.05, 4.69) is 11.6 Å². The maximum absolute atomic E-state index is 13.2. The molecule has 3 heterocycles. The Morgan fingerprint density at radius 2 is 1.93 bits per heavy atom. The van der Waals surface area contributed by atoms with Crippen LogP contribution in [0.4, 0.5) is 4.79 Å². The smallest absolute Gasteiger partial charge is 0.311 e. The number of nitrogens with zero attached hydrogens (tertiary/aromatic N) is 5. The Kier molecular flexibility index (Phi) is 4.19. The summed E-state index contributed by atoms with van der Waals surface area (Å²) in [4.78, 5) is 37.4. The minimum Gasteiger partial charge on any atom is -0.311 e. The van der Waals surface area contributed by atoms with Crippen molar-refractivity contribution in [2.75, 3.05) is 13.6 Å². The van der Waals surface area contributed by atoms with Gasteiger partial charge in [0.1, 0.15) is 0 Å². The minimum atomic E-state index is -0.556. The minimum absolute atomic E-state index is 0.199. The third kappa shape index (κ3) is 2.70. The van der Waals surface area contributed by atoms with Crippen LogP contribution in [0.5, 0.6) is 0 Å². The van der Waals surface area contributed by atoms with Crippen LogP contribution in [0, 0.1) is 0 Å². The van der Waals surface area contributed by atoms with Crippen LogP contribution in [-0.4, -0.2) is 63.3 Å². The summed E-state index contributed by atoms with van der Waals surface area (Å²) in [6, 6.07) is 6.23. The number of aliphatic imine (C=N–C) groups is 1. The van der Waals surface area contributed by atoms with Crippen molar-refractivity contribution in [2.24, 2.45) is 4.99 Å². The maximum atomic E-state index is 13.2. The van der Waals surface area contributed by atoms with E-state index in [1.165, 1.54) is 9.80 Å². The van der Waals surface area contributed by atoms with Crippen molar-refractivity contribution >= 4 is 29.5 Å². The molecule has 0 aromatic heterocycles. The van der Waals surface area contributed by atoms with E-state index < -0.39 is 12.2 Å². The van der Waals surface area contributed by atoms with Crippen molar-refractivity contribution in [3.05, 3.63) is 59.4 Å². The van der Waals surface area contributed by atoms with Crippen molar-refractivity contribution in [3.63, 3.8) is 0 Å². The largest absolute Gasteiger partial charge is 0.328 e. The number of carbonyl (C=O) groups is 2. The van der Waals surface area contributed by atoms with Gasteiger partial charge in [-0.15, -0.1) is 6.58 Å². The zero-order chi connectivity index (χ0) is 19.3. The monoisotopic (exact) mass is 385 g/mol. The van der Waals surface area contributed by atoms with Gasteiger partial charge in [-0.05, 0) is 24.6 Å². The fourth-order valence-electron chi connectivity index (χ4n) is 3.67. The molecule has 0 bridgehead atoms. The van der Waals surface area contributed by atoms with Gasteiger partial charge in [0.25, 0.3) is 5.91 Å². The van der Waals surface area contributed by atoms with E-state index in [-0.39, 0.29) is 18.5 Å². The number of allylic oxidation sites excluding steroid dienone is 1. The van der Waals surface area contributed by atoms with Crippen LogP contribution in [0.15, 0.2) is 53.8 Å². The number of likely N-dealkylation sites (N-methyl/N-ethyl adjacent to an activating group) is 1. The Labute approximate surface area is 162 Å². The summed E-state index contributed by atoms with van der Waals surface area (Å²) in [6.07, 6.45) is 3.17. The van der Waals surface area contributed by atoms with Gasteiger partial charge < -0.3 is 14.7 Å². The zero-order valence-electron chi connectivity index (χ0n) is 15.2. The molecule has 140 valence electrons. The molecule has 2 unspecified atom stereocenters. The van der Waals surface area contributed by atoms with E-state index in [4.69, 9.17) is 11.6 Å². The molecule has 3 aliphatic rings. The summed E-state index contributed by atoms with van der Waals surface area (Å²) >= 11 is 5.93. The first-order chi connectivity index (χ1) is 12.9. The number of carbonyl (C=O) groups excluding carboxylic acids is 2. The number of rotatable bonds is 4. The molecule has 1 fully saturated rings. The molecule has 8 heteroatoms. The lowest BCUT2D eigenvalue weighted by Gasteiger charge is -2.40. The Balaban J connectivity index is 1.64. The predicted octanol–water partition coefficient (Wildman–Crippen LogP) is 2.46. The molecule has 0 aliphatic carbocycles. The first kappa shape index (κ1) is 17.6. The highest BCUT2D eigenvalue weighted by Crippen LogP contribution is 2.34. The van der Waals surface area contributed by atoms with Gasteiger partial charge in [0, 0.05) is 30.5 Å². The lowest BCUT2D eigenvalue weighted by molar-refractivity contribution is -0.137. The fraction of sp³-hybridized carbons (Fsp3) is 0.316. The number of imide groups is 1. The van der Waals surface area contributed by atoms with Crippen molar-refractivity contribution in [3.8, 4) is 0 Å². The zero-order valence-corrected chi connectivity index (χ0v) is 15.9. The molecular formula is C19H20ClN5O2. The Morgan fingerprint density at radius 3 is 2.59 bits per heavy atom. The molecule has 27 heavy (non-hydrogen) atoms. The van der Waals surface area contributed by atoms with Gasteiger partial charge in [-0.25, -0.2) is 9.79 Å². The standard InChI is InChI=1S/C19H20ClN5O2/c1-4-9-23-12(2)10-24-15-16(21-18(23)24)22(3)19(27)25(17(15)26)11-13-5-7-14(20)8-6-13/h4-8,10,15-16H,1,9,11H2,2-3H3. The van der Waals surface area contributed by atoms with E-state index in [0.717, 1.165) is 11.3 Å². The van der Waals surface area contributed by atoms with Crippen molar-refractivity contribution in [2.45, 2.75) is 25.7 Å². The third-order valence-corrected chi connectivity index (χ3v) is 5.32. The summed E-state index contributed by atoms with van der Waals surface area (Å²) in [5.74, 6) is 0.435. The second kappa shape index (κ2) is 6.42. The van der Waals surface area contributed by atoms with Crippen molar-refractivity contribution in [1.29, 1.82) is 0 Å². The highest BCUT2D eigenvalue weighted by molar-refractivity contribution is 6.30. The average Bonchev–Trinajstić information content (AvgIpc) is 3.15. The molecule has 3 amide bonds. The molecule has 0 N–H and O–H groups in total. The van der Waals surface area contributed by atoms with Crippen molar-refractivity contribution in [1.82, 2.24) is 19.6 Å². The van der Waals surface area contributed by atoms with Crippen LogP contribution in [0.1, 0.15) is 12.5 Å². The summed E-state index contributed by atoms with van der Waals surface area (Å²) < 4.78 is 0. The SMILES string of the molecule is C=CCN1C(C)=CN2C1=NC1C2C(=O)N(Cc2ccc(Cl)cc2)C(=O)N1C. The second-order valence-electron chi connectivity index (χ2n) is 6.81. The fourth-order valence-corrected chi connectivity index (χ4v) is 3.80. The van der Waals surface area contributed by atoms with Gasteiger partial charge in [0.2, 0.25) is 5.96 Å². The summed E-state index contributed by atoms with van der Waals surface area (Å²) in [6.45, 7) is 6.54. The quantitative estimate of drug-likeness (QED) is 0.747. The molecular weight excluding hydrogens is 366 g/mol. The molecule has 7 nitrogen and oxygen atoms in total. The molecule has 4 rings (SSSR count). The number of benzene rings is 1. The molecule has 0 radical (unpaired) electrons. The molecule has 0 saturated carbocycles. The average molecular weight is 386 g/mol. The lowest BCUT2D eigenvalue weighted by atomic mass is 10.1. The van der Waals surface area contributed by atoms with Crippen LogP contribution in [0.25, 0.3) is 0 Å². The van der Waals surface area contributed by atoms with Crippen LogP contribution in [0.2, 0.25) is 5.02 Å². The molecule has 1 saturated heterocycles.